The maximum absolute atomic E-state index is 12.4. The van der Waals surface area contributed by atoms with Gasteiger partial charge in [0, 0.05) is 12.0 Å². The van der Waals surface area contributed by atoms with E-state index in [1.54, 1.807) is 6.92 Å². The van der Waals surface area contributed by atoms with Gasteiger partial charge in [-0.2, -0.15) is 0 Å². The second-order valence-electron chi connectivity index (χ2n) is 5.98. The molecule has 2 aromatic rings. The normalized spacial score (nSPS) is 13.8. The summed E-state index contributed by atoms with van der Waals surface area (Å²) < 4.78 is 5.31. The largest absolute Gasteiger partial charge is 0.359 e. The maximum atomic E-state index is 12.4. The first-order valence-corrected chi connectivity index (χ1v) is 8.07. The summed E-state index contributed by atoms with van der Waals surface area (Å²) >= 11 is 0. The van der Waals surface area contributed by atoms with Crippen LogP contribution in [0.2, 0.25) is 0 Å². The number of benzene rings is 1. The average Bonchev–Trinajstić information content (AvgIpc) is 3.03. The molecule has 5 heteroatoms. The van der Waals surface area contributed by atoms with Crippen LogP contribution in [0.4, 0.5) is 0 Å². The number of amides is 1. The number of rotatable bonds is 7. The number of carbonyl (C=O) groups is 1. The Balaban J connectivity index is 1.99. The van der Waals surface area contributed by atoms with E-state index in [1.165, 1.54) is 0 Å². The van der Waals surface area contributed by atoms with E-state index in [2.05, 4.69) is 24.3 Å². The van der Waals surface area contributed by atoms with Gasteiger partial charge in [0.25, 0.3) is 0 Å². The molecule has 0 bridgehead atoms. The van der Waals surface area contributed by atoms with Crippen LogP contribution in [0.1, 0.15) is 56.5 Å². The minimum absolute atomic E-state index is 0.246. The van der Waals surface area contributed by atoms with Crippen LogP contribution in [-0.2, 0) is 16.9 Å². The number of hydrogen-bond acceptors (Lipinski definition) is 4. The Morgan fingerprint density at radius 3 is 2.57 bits per heavy atom. The summed E-state index contributed by atoms with van der Waals surface area (Å²) in [5, 5.41) is 6.93. The van der Waals surface area contributed by atoms with Crippen LogP contribution >= 0.6 is 0 Å². The number of aromatic nitrogens is 1. The van der Waals surface area contributed by atoms with Crippen LogP contribution < -0.4 is 11.1 Å². The lowest BCUT2D eigenvalue weighted by molar-refractivity contribution is -0.126. The quantitative estimate of drug-likeness (QED) is 0.822. The zero-order valence-corrected chi connectivity index (χ0v) is 14.0. The molecule has 0 aliphatic carbocycles. The van der Waals surface area contributed by atoms with Crippen molar-refractivity contribution in [3.8, 4) is 0 Å². The summed E-state index contributed by atoms with van der Waals surface area (Å²) in [6.07, 6.45) is 2.04. The molecular formula is C18H25N3O2. The van der Waals surface area contributed by atoms with Gasteiger partial charge in [0.2, 0.25) is 5.91 Å². The van der Waals surface area contributed by atoms with E-state index in [4.69, 9.17) is 10.3 Å². The van der Waals surface area contributed by atoms with Crippen molar-refractivity contribution >= 4 is 5.91 Å². The third-order valence-electron chi connectivity index (χ3n) is 4.25. The van der Waals surface area contributed by atoms with Crippen molar-refractivity contribution in [1.82, 2.24) is 10.5 Å². The molecule has 0 spiro atoms. The van der Waals surface area contributed by atoms with Gasteiger partial charge in [0.05, 0.1) is 12.2 Å². The molecule has 3 N–H and O–H groups in total. The number of carbonyl (C=O) groups excluding carboxylic acids is 1. The smallest absolute Gasteiger partial charge is 0.244 e. The minimum atomic E-state index is -1.08. The van der Waals surface area contributed by atoms with Crippen LogP contribution in [0.15, 0.2) is 40.9 Å². The van der Waals surface area contributed by atoms with Gasteiger partial charge in [-0.1, -0.05) is 49.3 Å². The van der Waals surface area contributed by atoms with Gasteiger partial charge in [-0.15, -0.1) is 0 Å². The lowest BCUT2D eigenvalue weighted by atomic mass is 9.92. The number of hydrogen-bond donors (Lipinski definition) is 2. The topological polar surface area (TPSA) is 81.2 Å². The molecule has 23 heavy (non-hydrogen) atoms. The molecule has 2 rings (SSSR count). The van der Waals surface area contributed by atoms with E-state index < -0.39 is 5.54 Å². The highest BCUT2D eigenvalue weighted by Gasteiger charge is 2.30. The lowest BCUT2D eigenvalue weighted by Crippen LogP contribution is -2.48. The van der Waals surface area contributed by atoms with Crippen LogP contribution in [0.25, 0.3) is 0 Å². The Morgan fingerprint density at radius 2 is 1.96 bits per heavy atom. The summed E-state index contributed by atoms with van der Waals surface area (Å²) in [5.74, 6) is 0.792. The second kappa shape index (κ2) is 7.42. The number of nitrogens with one attached hydrogen (secondary N) is 1. The van der Waals surface area contributed by atoms with Crippen molar-refractivity contribution in [3.05, 3.63) is 53.4 Å². The Hall–Kier alpha value is -2.14. The number of nitrogens with two attached hydrogens (primary N) is 1. The zero-order chi connectivity index (χ0) is 16.9. The minimum Gasteiger partial charge on any atom is -0.359 e. The summed E-state index contributed by atoms with van der Waals surface area (Å²) in [6, 6.07) is 11.2. The zero-order valence-electron chi connectivity index (χ0n) is 14.0. The van der Waals surface area contributed by atoms with Crippen molar-refractivity contribution in [3.63, 3.8) is 0 Å². The van der Waals surface area contributed by atoms with Gasteiger partial charge in [-0.3, -0.25) is 4.79 Å². The van der Waals surface area contributed by atoms with Crippen molar-refractivity contribution in [1.29, 1.82) is 0 Å². The van der Waals surface area contributed by atoms with E-state index in [0.29, 0.717) is 11.7 Å². The molecule has 0 aliphatic rings. The molecule has 1 aromatic carbocycles. The van der Waals surface area contributed by atoms with Gasteiger partial charge in [-0.25, -0.2) is 0 Å². The summed E-state index contributed by atoms with van der Waals surface area (Å²) in [6.45, 7) is 6.24. The summed E-state index contributed by atoms with van der Waals surface area (Å²) in [7, 11) is 0. The molecular weight excluding hydrogens is 290 g/mol. The summed E-state index contributed by atoms with van der Waals surface area (Å²) in [5.41, 5.74) is 6.81. The van der Waals surface area contributed by atoms with Crippen molar-refractivity contribution in [2.45, 2.75) is 51.6 Å². The van der Waals surface area contributed by atoms with E-state index in [0.717, 1.165) is 24.1 Å². The van der Waals surface area contributed by atoms with E-state index >= 15 is 0 Å². The third-order valence-corrected chi connectivity index (χ3v) is 4.25. The predicted octanol–water partition coefficient (Wildman–Crippen LogP) is 3.07. The molecule has 1 atom stereocenters. The predicted molar refractivity (Wildman–Crippen MR) is 89.7 cm³/mol. The number of nitrogens with zero attached hydrogens (tertiary/aromatic N) is 1. The van der Waals surface area contributed by atoms with Gasteiger partial charge in [0.15, 0.2) is 5.76 Å². The molecule has 124 valence electrons. The molecule has 0 aliphatic heterocycles. The molecule has 0 saturated carbocycles. The fourth-order valence-corrected chi connectivity index (χ4v) is 2.58. The highest BCUT2D eigenvalue weighted by atomic mass is 16.5. The molecule has 0 fully saturated rings. The second-order valence-corrected chi connectivity index (χ2v) is 5.98. The molecule has 1 unspecified atom stereocenters. The van der Waals surface area contributed by atoms with E-state index in [-0.39, 0.29) is 12.5 Å². The first kappa shape index (κ1) is 17.2. The fraction of sp³-hybridized carbons (Fsp3) is 0.444. The summed E-state index contributed by atoms with van der Waals surface area (Å²) in [4.78, 5) is 12.4. The third kappa shape index (κ3) is 3.99. The van der Waals surface area contributed by atoms with Crippen molar-refractivity contribution in [2.24, 2.45) is 5.73 Å². The van der Waals surface area contributed by atoms with E-state index in [9.17, 15) is 4.79 Å². The van der Waals surface area contributed by atoms with E-state index in [1.807, 2.05) is 36.4 Å². The average molecular weight is 315 g/mol. The molecule has 5 nitrogen and oxygen atoms in total. The fourth-order valence-electron chi connectivity index (χ4n) is 2.58. The Kier molecular flexibility index (Phi) is 5.55. The maximum Gasteiger partial charge on any atom is 0.244 e. The standard InChI is InChI=1S/C18H25N3O2/c1-4-13(5-2)16-11-15(23-21-16)12-20-17(22)18(3,19)14-9-7-6-8-10-14/h6-11,13H,4-5,12,19H2,1-3H3,(H,20,22). The van der Waals surface area contributed by atoms with Gasteiger partial charge >= 0.3 is 0 Å². The Labute approximate surface area is 137 Å². The highest BCUT2D eigenvalue weighted by molar-refractivity contribution is 5.86. The molecule has 1 heterocycles. The molecule has 0 radical (unpaired) electrons. The highest BCUT2D eigenvalue weighted by Crippen LogP contribution is 2.22. The monoisotopic (exact) mass is 315 g/mol. The first-order valence-electron chi connectivity index (χ1n) is 8.07. The van der Waals surface area contributed by atoms with Crippen LogP contribution in [-0.4, -0.2) is 11.1 Å². The van der Waals surface area contributed by atoms with Crippen LogP contribution in [0, 0.1) is 0 Å². The van der Waals surface area contributed by atoms with Crippen LogP contribution in [0.5, 0.6) is 0 Å². The van der Waals surface area contributed by atoms with Crippen molar-refractivity contribution < 1.29 is 9.32 Å². The molecule has 0 saturated heterocycles. The van der Waals surface area contributed by atoms with Gasteiger partial charge in [0.1, 0.15) is 5.54 Å². The SMILES string of the molecule is CCC(CC)c1cc(CNC(=O)C(C)(N)c2ccccc2)on1. The van der Waals surface area contributed by atoms with Crippen molar-refractivity contribution in [2.75, 3.05) is 0 Å². The Bertz CT molecular complexity index is 631. The van der Waals surface area contributed by atoms with Gasteiger partial charge < -0.3 is 15.6 Å². The van der Waals surface area contributed by atoms with Crippen LogP contribution in [0.3, 0.4) is 0 Å². The molecule has 1 aromatic heterocycles. The first-order chi connectivity index (χ1) is 11.0. The lowest BCUT2D eigenvalue weighted by Gasteiger charge is -2.23. The van der Waals surface area contributed by atoms with Gasteiger partial charge in [-0.05, 0) is 25.3 Å². The Morgan fingerprint density at radius 1 is 1.30 bits per heavy atom. The molecule has 1 amide bonds.